The van der Waals surface area contributed by atoms with Crippen molar-refractivity contribution in [2.45, 2.75) is 52.1 Å². The van der Waals surface area contributed by atoms with E-state index in [0.717, 1.165) is 0 Å². The molecule has 21 heavy (non-hydrogen) atoms. The van der Waals surface area contributed by atoms with Gasteiger partial charge in [-0.1, -0.05) is 20.3 Å². The Morgan fingerprint density at radius 1 is 1.33 bits per heavy atom. The molecule has 0 saturated heterocycles. The number of aryl methyl sites for hydroxylation is 1. The Labute approximate surface area is 123 Å². The molecule has 0 spiro atoms. The molecule has 1 heterocycles. The van der Waals surface area contributed by atoms with Crippen LogP contribution in [0, 0.1) is 0 Å². The van der Waals surface area contributed by atoms with E-state index in [9.17, 15) is 19.5 Å². The van der Waals surface area contributed by atoms with E-state index in [2.05, 4.69) is 10.4 Å². The van der Waals surface area contributed by atoms with Crippen molar-refractivity contribution in [2.75, 3.05) is 0 Å². The zero-order valence-corrected chi connectivity index (χ0v) is 12.5. The quantitative estimate of drug-likeness (QED) is 0.782. The average Bonchev–Trinajstić information content (AvgIpc) is 2.41. The summed E-state index contributed by atoms with van der Waals surface area (Å²) in [6.07, 6.45) is 1.63. The van der Waals surface area contributed by atoms with Gasteiger partial charge in [-0.15, -0.1) is 0 Å². The number of nitrogens with zero attached hydrogens (tertiary/aromatic N) is 2. The first kappa shape index (κ1) is 16.9. The normalized spacial score (nSPS) is 13.5. The van der Waals surface area contributed by atoms with Crippen molar-refractivity contribution in [1.82, 2.24) is 15.1 Å². The van der Waals surface area contributed by atoms with Gasteiger partial charge in [0.25, 0.3) is 11.5 Å². The predicted molar refractivity (Wildman–Crippen MR) is 77.2 cm³/mol. The van der Waals surface area contributed by atoms with Crippen molar-refractivity contribution in [2.24, 2.45) is 0 Å². The zero-order chi connectivity index (χ0) is 16.0. The molecule has 0 bridgehead atoms. The van der Waals surface area contributed by atoms with E-state index >= 15 is 0 Å². The number of nitrogens with one attached hydrogen (secondary N) is 1. The summed E-state index contributed by atoms with van der Waals surface area (Å²) in [5, 5.41) is 15.7. The number of aromatic nitrogens is 2. The van der Waals surface area contributed by atoms with Gasteiger partial charge in [0.05, 0.1) is 0 Å². The molecular weight excluding hydrogens is 274 g/mol. The Morgan fingerprint density at radius 3 is 2.52 bits per heavy atom. The summed E-state index contributed by atoms with van der Waals surface area (Å²) >= 11 is 0. The standard InChI is InChI=1S/C14H21N3O4/c1-4-8-14(3,13(20)21)15-12(19)10-6-7-11(18)17(16-10)9-5-2/h6-7H,4-5,8-9H2,1-3H3,(H,15,19)(H,20,21). The number of hydrogen-bond donors (Lipinski definition) is 2. The lowest BCUT2D eigenvalue weighted by atomic mass is 9.96. The van der Waals surface area contributed by atoms with Crippen LogP contribution in [-0.4, -0.2) is 32.3 Å². The lowest BCUT2D eigenvalue weighted by Crippen LogP contribution is -2.52. The number of carboxylic acid groups (broad SMARTS) is 1. The van der Waals surface area contributed by atoms with E-state index in [-0.39, 0.29) is 11.3 Å². The summed E-state index contributed by atoms with van der Waals surface area (Å²) in [5.74, 6) is -1.70. The van der Waals surface area contributed by atoms with Gasteiger partial charge in [0, 0.05) is 12.6 Å². The van der Waals surface area contributed by atoms with Crippen molar-refractivity contribution < 1.29 is 14.7 Å². The van der Waals surface area contributed by atoms with Gasteiger partial charge in [0.1, 0.15) is 11.2 Å². The summed E-state index contributed by atoms with van der Waals surface area (Å²) < 4.78 is 1.20. The molecule has 0 aromatic carbocycles. The Balaban J connectivity index is 3.00. The third-order valence-corrected chi connectivity index (χ3v) is 3.15. The second-order valence-corrected chi connectivity index (χ2v) is 5.12. The van der Waals surface area contributed by atoms with E-state index in [1.807, 2.05) is 13.8 Å². The van der Waals surface area contributed by atoms with Gasteiger partial charge in [-0.2, -0.15) is 5.10 Å². The average molecular weight is 295 g/mol. The van der Waals surface area contributed by atoms with Gasteiger partial charge in [-0.3, -0.25) is 9.59 Å². The van der Waals surface area contributed by atoms with Gasteiger partial charge < -0.3 is 10.4 Å². The highest BCUT2D eigenvalue weighted by Crippen LogP contribution is 2.13. The Hall–Kier alpha value is -2.18. The minimum atomic E-state index is -1.35. The van der Waals surface area contributed by atoms with Gasteiger partial charge in [-0.05, 0) is 25.8 Å². The van der Waals surface area contributed by atoms with Gasteiger partial charge in [0.15, 0.2) is 0 Å². The van der Waals surface area contributed by atoms with Crippen LogP contribution in [0.5, 0.6) is 0 Å². The second kappa shape index (κ2) is 7.01. The van der Waals surface area contributed by atoms with Crippen LogP contribution in [0.4, 0.5) is 0 Å². The molecule has 0 saturated carbocycles. The first-order valence-corrected chi connectivity index (χ1v) is 6.98. The van der Waals surface area contributed by atoms with Gasteiger partial charge in [-0.25, -0.2) is 9.48 Å². The smallest absolute Gasteiger partial charge is 0.329 e. The lowest BCUT2D eigenvalue weighted by Gasteiger charge is -2.25. The maximum absolute atomic E-state index is 12.2. The fraction of sp³-hybridized carbons (Fsp3) is 0.571. The molecule has 116 valence electrons. The van der Waals surface area contributed by atoms with Crippen molar-refractivity contribution >= 4 is 11.9 Å². The number of hydrogen-bond acceptors (Lipinski definition) is 4. The maximum Gasteiger partial charge on any atom is 0.329 e. The number of aliphatic carboxylic acids is 1. The molecule has 7 nitrogen and oxygen atoms in total. The third kappa shape index (κ3) is 4.14. The van der Waals surface area contributed by atoms with E-state index in [4.69, 9.17) is 0 Å². The minimum Gasteiger partial charge on any atom is -0.480 e. The van der Waals surface area contributed by atoms with Crippen LogP contribution in [0.3, 0.4) is 0 Å². The molecule has 0 aliphatic rings. The maximum atomic E-state index is 12.2. The highest BCUT2D eigenvalue weighted by atomic mass is 16.4. The van der Waals surface area contributed by atoms with Crippen LogP contribution >= 0.6 is 0 Å². The molecule has 0 fully saturated rings. The van der Waals surface area contributed by atoms with E-state index in [1.54, 1.807) is 0 Å². The summed E-state index contributed by atoms with van der Waals surface area (Å²) in [7, 11) is 0. The molecule has 1 amide bonds. The molecule has 0 radical (unpaired) electrons. The first-order valence-electron chi connectivity index (χ1n) is 6.98. The number of carboxylic acids is 1. The molecule has 1 rings (SSSR count). The molecule has 1 aromatic rings. The lowest BCUT2D eigenvalue weighted by molar-refractivity contribution is -0.144. The number of carbonyl (C=O) groups excluding carboxylic acids is 1. The number of carbonyl (C=O) groups is 2. The highest BCUT2D eigenvalue weighted by Gasteiger charge is 2.34. The Kier molecular flexibility index (Phi) is 5.63. The molecule has 0 aliphatic heterocycles. The van der Waals surface area contributed by atoms with Crippen LogP contribution in [0.25, 0.3) is 0 Å². The first-order chi connectivity index (χ1) is 9.84. The molecular formula is C14H21N3O4. The fourth-order valence-corrected chi connectivity index (χ4v) is 1.98. The Bertz CT molecular complexity index is 582. The Morgan fingerprint density at radius 2 is 2.00 bits per heavy atom. The minimum absolute atomic E-state index is 0.0339. The van der Waals surface area contributed by atoms with Gasteiger partial charge in [0.2, 0.25) is 0 Å². The monoisotopic (exact) mass is 295 g/mol. The van der Waals surface area contributed by atoms with E-state index in [0.29, 0.717) is 25.8 Å². The number of rotatable bonds is 7. The second-order valence-electron chi connectivity index (χ2n) is 5.12. The molecule has 1 aromatic heterocycles. The van der Waals surface area contributed by atoms with Crippen molar-refractivity contribution in [3.05, 3.63) is 28.2 Å². The van der Waals surface area contributed by atoms with Gasteiger partial charge >= 0.3 is 5.97 Å². The van der Waals surface area contributed by atoms with Crippen molar-refractivity contribution in [3.8, 4) is 0 Å². The van der Waals surface area contributed by atoms with E-state index in [1.165, 1.54) is 23.7 Å². The summed E-state index contributed by atoms with van der Waals surface area (Å²) in [4.78, 5) is 35.0. The largest absolute Gasteiger partial charge is 0.480 e. The summed E-state index contributed by atoms with van der Waals surface area (Å²) in [5.41, 5.74) is -1.60. The van der Waals surface area contributed by atoms with Crippen LogP contribution in [-0.2, 0) is 11.3 Å². The molecule has 1 unspecified atom stereocenters. The van der Waals surface area contributed by atoms with Crippen LogP contribution in [0.2, 0.25) is 0 Å². The zero-order valence-electron chi connectivity index (χ0n) is 12.5. The van der Waals surface area contributed by atoms with Crippen LogP contribution in [0.1, 0.15) is 50.5 Å². The molecule has 0 aliphatic carbocycles. The van der Waals surface area contributed by atoms with Crippen molar-refractivity contribution in [3.63, 3.8) is 0 Å². The third-order valence-electron chi connectivity index (χ3n) is 3.15. The summed E-state index contributed by atoms with van der Waals surface area (Å²) in [6.45, 7) is 5.60. The topological polar surface area (TPSA) is 101 Å². The van der Waals surface area contributed by atoms with E-state index < -0.39 is 17.4 Å². The molecule has 7 heteroatoms. The van der Waals surface area contributed by atoms with Crippen molar-refractivity contribution in [1.29, 1.82) is 0 Å². The molecule has 2 N–H and O–H groups in total. The number of amides is 1. The highest BCUT2D eigenvalue weighted by molar-refractivity contribution is 5.96. The molecule has 1 atom stereocenters. The summed E-state index contributed by atoms with van der Waals surface area (Å²) in [6, 6.07) is 2.56. The predicted octanol–water partition coefficient (Wildman–Crippen LogP) is 1.03. The fourth-order valence-electron chi connectivity index (χ4n) is 1.98. The van der Waals surface area contributed by atoms with Crippen LogP contribution < -0.4 is 10.9 Å². The van der Waals surface area contributed by atoms with Crippen LogP contribution in [0.15, 0.2) is 16.9 Å². The SMILES string of the molecule is CCCn1nc(C(=O)NC(C)(CCC)C(=O)O)ccc1=O.